The van der Waals surface area contributed by atoms with Gasteiger partial charge in [-0.15, -0.1) is 0 Å². The van der Waals surface area contributed by atoms with Gasteiger partial charge in [0.15, 0.2) is 29.8 Å². The van der Waals surface area contributed by atoms with Gasteiger partial charge in [0.2, 0.25) is 0 Å². The van der Waals surface area contributed by atoms with Gasteiger partial charge in [-0.1, -0.05) is 0 Å². The highest BCUT2D eigenvalue weighted by atomic mass is 79.9. The van der Waals surface area contributed by atoms with Crippen LogP contribution in [0, 0.1) is 13.8 Å². The van der Waals surface area contributed by atoms with Gasteiger partial charge in [-0.3, -0.25) is 28.5 Å². The average molecular weight is 711 g/mol. The number of ether oxygens (including phenoxy) is 4. The zero-order valence-corrected chi connectivity index (χ0v) is 29.0. The molecule has 0 radical (unpaired) electrons. The number of likely N-dealkylation sites (N-methyl/N-ethyl adjacent to an activating group) is 1. The molecule has 0 amide bonds. The minimum atomic E-state index is -1.48. The topological polar surface area (TPSA) is 175 Å². The molecule has 252 valence electrons. The normalized spacial score (nSPS) is 13.3. The molecule has 0 fully saturated rings. The lowest BCUT2D eigenvalue weighted by Gasteiger charge is -2.33. The molecule has 0 aromatic heterocycles. The smallest absolute Gasteiger partial charge is 0.352 e. The van der Waals surface area contributed by atoms with Gasteiger partial charge in [-0.2, -0.15) is 4.98 Å². The molecule has 1 aromatic carbocycles. The molecule has 15 nitrogen and oxygen atoms in total. The summed E-state index contributed by atoms with van der Waals surface area (Å²) in [5, 5.41) is 0. The summed E-state index contributed by atoms with van der Waals surface area (Å²) in [6.07, 6.45) is -4.26. The van der Waals surface area contributed by atoms with Crippen LogP contribution >= 0.6 is 0 Å². The van der Waals surface area contributed by atoms with E-state index in [1.807, 2.05) is 35.0 Å². The zero-order chi connectivity index (χ0) is 33.8. The van der Waals surface area contributed by atoms with Gasteiger partial charge < -0.3 is 45.0 Å². The number of carbonyl (C=O) groups excluding carboxylic acids is 4. The van der Waals surface area contributed by atoms with Crippen molar-refractivity contribution in [2.75, 3.05) is 34.3 Å². The van der Waals surface area contributed by atoms with E-state index in [4.69, 9.17) is 18.9 Å². The highest BCUT2D eigenvalue weighted by molar-refractivity contribution is 5.81. The lowest BCUT2D eigenvalue weighted by molar-refractivity contribution is -0.871. The van der Waals surface area contributed by atoms with Crippen LogP contribution in [0.4, 0.5) is 0 Å². The zero-order valence-electron chi connectivity index (χ0n) is 27.4. The molecular weight excluding hydrogens is 670 g/mol. The van der Waals surface area contributed by atoms with Gasteiger partial charge in [0.1, 0.15) is 6.61 Å². The van der Waals surface area contributed by atoms with E-state index in [1.54, 1.807) is 12.1 Å². The average Bonchev–Trinajstić information content (AvgIpc) is 2.89. The Hall–Kier alpha value is -4.18. The summed E-state index contributed by atoms with van der Waals surface area (Å²) >= 11 is 0. The molecule has 2 aliphatic heterocycles. The summed E-state index contributed by atoms with van der Waals surface area (Å²) in [6, 6.07) is 3.55. The number of aromatic nitrogens is 4. The summed E-state index contributed by atoms with van der Waals surface area (Å²) < 4.78 is 24.6. The number of hydrogen-bond donors (Lipinski definition) is 0. The second-order valence-electron chi connectivity index (χ2n) is 11.9. The molecule has 46 heavy (non-hydrogen) atoms. The van der Waals surface area contributed by atoms with Crippen molar-refractivity contribution in [3.05, 3.63) is 44.1 Å². The molecule has 0 saturated heterocycles. The Morgan fingerprint density at radius 2 is 1.37 bits per heavy atom. The van der Waals surface area contributed by atoms with Crippen molar-refractivity contribution in [1.29, 1.82) is 0 Å². The number of quaternary nitrogens is 1. The maximum atomic E-state index is 13.7. The first-order chi connectivity index (χ1) is 20.9. The van der Waals surface area contributed by atoms with Gasteiger partial charge in [0.05, 0.1) is 51.8 Å². The second-order valence-corrected chi connectivity index (χ2v) is 11.9. The molecule has 16 heteroatoms. The maximum Gasteiger partial charge on any atom is 0.352 e. The quantitative estimate of drug-likeness (QED) is 0.0856. The fourth-order valence-corrected chi connectivity index (χ4v) is 4.70. The molecule has 0 N–H and O–H groups in total. The molecule has 2 aliphatic rings. The first-order valence-electron chi connectivity index (χ1n) is 14.3. The summed E-state index contributed by atoms with van der Waals surface area (Å²) in [5.74, 6) is -3.15. The number of fused-ring (bicyclic) bond motifs is 2. The van der Waals surface area contributed by atoms with E-state index < -0.39 is 60.0 Å². The molecule has 0 aliphatic carbocycles. The lowest BCUT2D eigenvalue weighted by atomic mass is 10.1. The van der Waals surface area contributed by atoms with Crippen LogP contribution in [0.15, 0.2) is 21.7 Å². The Balaban J connectivity index is 0.00000736. The third kappa shape index (κ3) is 9.66. The molecule has 1 aromatic rings. The van der Waals surface area contributed by atoms with Crippen molar-refractivity contribution >= 4 is 34.9 Å². The molecule has 2 heterocycles. The van der Waals surface area contributed by atoms with E-state index in [2.05, 4.69) is 9.97 Å². The number of aryl methyl sites for hydroxylation is 2. The van der Waals surface area contributed by atoms with Gasteiger partial charge in [0, 0.05) is 27.7 Å². The first-order valence-corrected chi connectivity index (χ1v) is 14.3. The van der Waals surface area contributed by atoms with Crippen molar-refractivity contribution in [3.8, 4) is 11.5 Å². The van der Waals surface area contributed by atoms with E-state index in [0.29, 0.717) is 22.1 Å². The molecule has 3 rings (SSSR count). The highest BCUT2D eigenvalue weighted by Gasteiger charge is 2.39. The predicted molar refractivity (Wildman–Crippen MR) is 160 cm³/mol. The third-order valence-corrected chi connectivity index (χ3v) is 6.94. The molecular formula is C30H40BrN5O10. The van der Waals surface area contributed by atoms with Gasteiger partial charge >= 0.3 is 29.6 Å². The molecule has 3 unspecified atom stereocenters. The SMILES string of the molecule is CC(=O)OCC(OC(C)=O)C(OC(C)=O)C(Cn1c2nc(=O)n(CC[N+](C)(C)C)c(=O)c-2nc2cc(C)c(C)cc21)OC(C)=O.[Br-]. The lowest BCUT2D eigenvalue weighted by Crippen LogP contribution is -3.00. The van der Waals surface area contributed by atoms with Crippen LogP contribution in [0.3, 0.4) is 0 Å². The Labute approximate surface area is 276 Å². The first kappa shape index (κ1) is 38.0. The predicted octanol–water partition coefficient (Wildman–Crippen LogP) is -2.26. The number of benzene rings is 1. The van der Waals surface area contributed by atoms with Crippen molar-refractivity contribution < 1.29 is 59.6 Å². The van der Waals surface area contributed by atoms with Gasteiger partial charge in [-0.05, 0) is 37.1 Å². The number of nitrogens with zero attached hydrogens (tertiary/aromatic N) is 5. The van der Waals surface area contributed by atoms with E-state index in [0.717, 1.165) is 43.4 Å². The molecule has 0 saturated carbocycles. The molecule has 0 bridgehead atoms. The van der Waals surface area contributed by atoms with E-state index in [-0.39, 0.29) is 41.6 Å². The van der Waals surface area contributed by atoms with Crippen LogP contribution in [0.5, 0.6) is 0 Å². The number of rotatable bonds is 12. The number of hydrogen-bond acceptors (Lipinski definition) is 12. The summed E-state index contributed by atoms with van der Waals surface area (Å²) in [5.41, 5.74) is 1.00. The Kier molecular flexibility index (Phi) is 12.7. The van der Waals surface area contributed by atoms with Crippen LogP contribution in [0.25, 0.3) is 22.6 Å². The fraction of sp³-hybridized carbons (Fsp3) is 0.533. The summed E-state index contributed by atoms with van der Waals surface area (Å²) in [6.45, 7) is 7.94. The Morgan fingerprint density at radius 1 is 0.804 bits per heavy atom. The monoisotopic (exact) mass is 709 g/mol. The van der Waals surface area contributed by atoms with Crippen molar-refractivity contribution in [2.24, 2.45) is 0 Å². The van der Waals surface area contributed by atoms with Crippen LogP contribution in [0.2, 0.25) is 0 Å². The van der Waals surface area contributed by atoms with Crippen molar-refractivity contribution in [1.82, 2.24) is 19.1 Å². The number of halogens is 1. The Bertz CT molecular complexity index is 1710. The van der Waals surface area contributed by atoms with Gasteiger partial charge in [-0.25, -0.2) is 9.78 Å². The largest absolute Gasteiger partial charge is 1.00 e. The van der Waals surface area contributed by atoms with Crippen LogP contribution in [-0.4, -0.2) is 100 Å². The standard InChI is InChI=1S/C30H40N5O10.BrH/c1-16-12-22-23(13-17(16)2)34(28-26(31-22)29(40)33(30(41)32-28)10-11-35(7,8)9)14-24(43-19(4)37)27(45-21(6)39)25(44-20(5)38)15-42-18(3)36;/h12-13,24-25,27H,10-11,14-15H2,1-9H3;1H/q+1;/p-1. The van der Waals surface area contributed by atoms with Crippen molar-refractivity contribution in [2.45, 2.75) is 72.9 Å². The van der Waals surface area contributed by atoms with Crippen LogP contribution in [-0.2, 0) is 51.2 Å². The second kappa shape index (κ2) is 15.4. The maximum absolute atomic E-state index is 13.7. The van der Waals surface area contributed by atoms with Crippen molar-refractivity contribution in [3.63, 3.8) is 0 Å². The number of carbonyl (C=O) groups is 4. The molecule has 3 atom stereocenters. The minimum absolute atomic E-state index is 0. The molecule has 0 spiro atoms. The number of esters is 4. The van der Waals surface area contributed by atoms with E-state index in [9.17, 15) is 28.8 Å². The van der Waals surface area contributed by atoms with Gasteiger partial charge in [0.25, 0.3) is 5.56 Å². The van der Waals surface area contributed by atoms with Crippen LogP contribution < -0.4 is 28.2 Å². The fourth-order valence-electron chi connectivity index (χ4n) is 4.70. The van der Waals surface area contributed by atoms with E-state index in [1.165, 1.54) is 4.57 Å². The van der Waals surface area contributed by atoms with E-state index >= 15 is 0 Å². The summed E-state index contributed by atoms with van der Waals surface area (Å²) in [4.78, 5) is 84.1. The third-order valence-electron chi connectivity index (χ3n) is 6.94. The Morgan fingerprint density at radius 3 is 1.91 bits per heavy atom. The van der Waals surface area contributed by atoms with Crippen LogP contribution in [0.1, 0.15) is 38.8 Å². The highest BCUT2D eigenvalue weighted by Crippen LogP contribution is 2.26. The summed E-state index contributed by atoms with van der Waals surface area (Å²) in [7, 11) is 5.77. The minimum Gasteiger partial charge on any atom is -1.00 e.